The molecule has 0 amide bonds. The Kier molecular flexibility index (Phi) is 3.11. The molecule has 5 heteroatoms. The molecule has 3 rings (SSSR count). The first-order chi connectivity index (χ1) is 8.33. The van der Waals surface area contributed by atoms with Gasteiger partial charge in [-0.3, -0.25) is 0 Å². The SMILES string of the molecule is S=c1nc(NCC2CCCC2)c2c([nH]1)CNC2. The molecule has 17 heavy (non-hydrogen) atoms. The average Bonchev–Trinajstić information content (AvgIpc) is 2.95. The zero-order valence-electron chi connectivity index (χ0n) is 9.88. The van der Waals surface area contributed by atoms with Crippen molar-refractivity contribution >= 4 is 18.0 Å². The number of aromatic nitrogens is 2. The second-order valence-electron chi connectivity index (χ2n) is 4.98. The second-order valence-corrected chi connectivity index (χ2v) is 5.37. The van der Waals surface area contributed by atoms with E-state index in [1.165, 1.54) is 36.9 Å². The van der Waals surface area contributed by atoms with Gasteiger partial charge >= 0.3 is 0 Å². The van der Waals surface area contributed by atoms with Crippen LogP contribution in [0.2, 0.25) is 0 Å². The first kappa shape index (κ1) is 11.2. The fourth-order valence-corrected chi connectivity index (χ4v) is 3.01. The third-order valence-corrected chi connectivity index (χ3v) is 3.95. The van der Waals surface area contributed by atoms with Crippen LogP contribution in [0.1, 0.15) is 36.9 Å². The number of hydrogen-bond donors (Lipinski definition) is 3. The molecule has 0 bridgehead atoms. The van der Waals surface area contributed by atoms with Gasteiger partial charge in [0.25, 0.3) is 0 Å². The zero-order valence-corrected chi connectivity index (χ0v) is 10.7. The van der Waals surface area contributed by atoms with E-state index in [0.29, 0.717) is 4.77 Å². The van der Waals surface area contributed by atoms with Crippen molar-refractivity contribution in [2.75, 3.05) is 11.9 Å². The normalized spacial score (nSPS) is 19.5. The Bertz CT molecular complexity index is 462. The number of anilines is 1. The van der Waals surface area contributed by atoms with Crippen molar-refractivity contribution < 1.29 is 0 Å². The van der Waals surface area contributed by atoms with Crippen LogP contribution in [-0.2, 0) is 13.1 Å². The number of aromatic amines is 1. The minimum atomic E-state index is 0.585. The fourth-order valence-electron chi connectivity index (χ4n) is 2.80. The summed E-state index contributed by atoms with van der Waals surface area (Å²) in [6, 6.07) is 0. The number of fused-ring (bicyclic) bond motifs is 1. The highest BCUT2D eigenvalue weighted by Gasteiger charge is 2.19. The molecule has 3 N–H and O–H groups in total. The van der Waals surface area contributed by atoms with Crippen LogP contribution in [0.5, 0.6) is 0 Å². The zero-order chi connectivity index (χ0) is 11.7. The van der Waals surface area contributed by atoms with Crippen LogP contribution in [0.3, 0.4) is 0 Å². The molecule has 0 unspecified atom stereocenters. The van der Waals surface area contributed by atoms with Gasteiger partial charge in [-0.2, -0.15) is 0 Å². The summed E-state index contributed by atoms with van der Waals surface area (Å²) in [5.74, 6) is 1.81. The van der Waals surface area contributed by atoms with E-state index in [1.807, 2.05) is 0 Å². The predicted molar refractivity (Wildman–Crippen MR) is 70.4 cm³/mol. The van der Waals surface area contributed by atoms with E-state index < -0.39 is 0 Å². The van der Waals surface area contributed by atoms with E-state index in [1.54, 1.807) is 0 Å². The molecule has 1 aliphatic heterocycles. The van der Waals surface area contributed by atoms with Gasteiger partial charge in [0, 0.05) is 30.9 Å². The Hall–Kier alpha value is -0.940. The monoisotopic (exact) mass is 250 g/mol. The van der Waals surface area contributed by atoms with Crippen molar-refractivity contribution in [1.82, 2.24) is 15.3 Å². The lowest BCUT2D eigenvalue weighted by molar-refractivity contribution is 0.578. The van der Waals surface area contributed by atoms with Crippen molar-refractivity contribution in [3.8, 4) is 0 Å². The van der Waals surface area contributed by atoms with Gasteiger partial charge in [-0.05, 0) is 31.0 Å². The van der Waals surface area contributed by atoms with Gasteiger partial charge in [0.2, 0.25) is 0 Å². The summed E-state index contributed by atoms with van der Waals surface area (Å²) in [4.78, 5) is 7.57. The van der Waals surface area contributed by atoms with Crippen LogP contribution in [0, 0.1) is 10.7 Å². The molecule has 4 nitrogen and oxygen atoms in total. The summed E-state index contributed by atoms with van der Waals surface area (Å²) in [5.41, 5.74) is 2.45. The van der Waals surface area contributed by atoms with Crippen molar-refractivity contribution in [3.63, 3.8) is 0 Å². The summed E-state index contributed by atoms with van der Waals surface area (Å²) in [6.45, 7) is 2.80. The van der Waals surface area contributed by atoms with Crippen LogP contribution < -0.4 is 10.6 Å². The van der Waals surface area contributed by atoms with Crippen molar-refractivity contribution in [2.24, 2.45) is 5.92 Å². The van der Waals surface area contributed by atoms with Crippen LogP contribution >= 0.6 is 12.2 Å². The van der Waals surface area contributed by atoms with E-state index in [0.717, 1.165) is 31.4 Å². The first-order valence-electron chi connectivity index (χ1n) is 6.39. The van der Waals surface area contributed by atoms with E-state index >= 15 is 0 Å². The van der Waals surface area contributed by atoms with E-state index in [2.05, 4.69) is 20.6 Å². The maximum atomic E-state index is 5.16. The lowest BCUT2D eigenvalue weighted by Gasteiger charge is -2.13. The third kappa shape index (κ3) is 2.35. The molecular weight excluding hydrogens is 232 g/mol. The molecule has 0 aromatic carbocycles. The van der Waals surface area contributed by atoms with Crippen molar-refractivity contribution in [1.29, 1.82) is 0 Å². The minimum absolute atomic E-state index is 0.585. The molecule has 2 heterocycles. The van der Waals surface area contributed by atoms with Crippen molar-refractivity contribution in [3.05, 3.63) is 16.0 Å². The van der Waals surface area contributed by atoms with Gasteiger partial charge in [-0.25, -0.2) is 4.98 Å². The summed E-state index contributed by atoms with van der Waals surface area (Å²) < 4.78 is 0.585. The standard InChI is InChI=1S/C12H18N4S/c17-12-15-10-7-13-6-9(10)11(16-12)14-5-8-3-1-2-4-8/h8,13H,1-7H2,(H2,14,15,16,17). The Labute approximate surface area is 106 Å². The van der Waals surface area contributed by atoms with Gasteiger partial charge in [0.15, 0.2) is 4.77 Å². The topological polar surface area (TPSA) is 52.7 Å². The number of nitrogens with zero attached hydrogens (tertiary/aromatic N) is 1. The number of rotatable bonds is 3. The van der Waals surface area contributed by atoms with Gasteiger partial charge in [0.1, 0.15) is 5.82 Å². The molecular formula is C12H18N4S. The van der Waals surface area contributed by atoms with Crippen LogP contribution in [-0.4, -0.2) is 16.5 Å². The minimum Gasteiger partial charge on any atom is -0.369 e. The second kappa shape index (κ2) is 4.74. The van der Waals surface area contributed by atoms with Crippen molar-refractivity contribution in [2.45, 2.75) is 38.8 Å². The molecule has 92 valence electrons. The Morgan fingerprint density at radius 2 is 2.12 bits per heavy atom. The van der Waals surface area contributed by atoms with Gasteiger partial charge in [-0.1, -0.05) is 12.8 Å². The van der Waals surface area contributed by atoms with E-state index in [-0.39, 0.29) is 0 Å². The quantitative estimate of drug-likeness (QED) is 0.721. The highest BCUT2D eigenvalue weighted by Crippen LogP contribution is 2.26. The molecule has 1 saturated carbocycles. The van der Waals surface area contributed by atoms with E-state index in [4.69, 9.17) is 12.2 Å². The lowest BCUT2D eigenvalue weighted by Crippen LogP contribution is -2.14. The molecule has 1 aromatic heterocycles. The maximum absolute atomic E-state index is 5.16. The predicted octanol–water partition coefficient (Wildman–Crippen LogP) is 2.34. The molecule has 0 radical (unpaired) electrons. The molecule has 1 aromatic rings. The van der Waals surface area contributed by atoms with Gasteiger partial charge < -0.3 is 15.6 Å². The largest absolute Gasteiger partial charge is 0.369 e. The Morgan fingerprint density at radius 3 is 2.94 bits per heavy atom. The highest BCUT2D eigenvalue weighted by atomic mass is 32.1. The fraction of sp³-hybridized carbons (Fsp3) is 0.667. The van der Waals surface area contributed by atoms with Crippen LogP contribution in [0.4, 0.5) is 5.82 Å². The van der Waals surface area contributed by atoms with E-state index in [9.17, 15) is 0 Å². The molecule has 0 saturated heterocycles. The molecule has 1 fully saturated rings. The summed E-state index contributed by atoms with van der Waals surface area (Å²) in [5, 5.41) is 6.82. The molecule has 2 aliphatic rings. The molecule has 1 aliphatic carbocycles. The highest BCUT2D eigenvalue weighted by molar-refractivity contribution is 7.71. The third-order valence-electron chi connectivity index (χ3n) is 3.76. The maximum Gasteiger partial charge on any atom is 0.199 e. The van der Waals surface area contributed by atoms with Gasteiger partial charge in [0.05, 0.1) is 0 Å². The number of H-pyrrole nitrogens is 1. The number of hydrogen-bond acceptors (Lipinski definition) is 4. The number of nitrogens with one attached hydrogen (secondary N) is 3. The van der Waals surface area contributed by atoms with Crippen LogP contribution in [0.15, 0.2) is 0 Å². The smallest absolute Gasteiger partial charge is 0.199 e. The van der Waals surface area contributed by atoms with Gasteiger partial charge in [-0.15, -0.1) is 0 Å². The average molecular weight is 250 g/mol. The Balaban J connectivity index is 1.75. The summed E-state index contributed by atoms with van der Waals surface area (Å²) in [7, 11) is 0. The summed E-state index contributed by atoms with van der Waals surface area (Å²) in [6.07, 6.45) is 5.48. The molecule has 0 spiro atoms. The molecule has 0 atom stereocenters. The summed E-state index contributed by atoms with van der Waals surface area (Å²) >= 11 is 5.16. The first-order valence-corrected chi connectivity index (χ1v) is 6.80. The Morgan fingerprint density at radius 1 is 1.29 bits per heavy atom. The van der Waals surface area contributed by atoms with Crippen LogP contribution in [0.25, 0.3) is 0 Å². The lowest BCUT2D eigenvalue weighted by atomic mass is 10.1.